The second-order valence-corrected chi connectivity index (χ2v) is 5.38. The molecule has 0 aromatic carbocycles. The van der Waals surface area contributed by atoms with Crippen molar-refractivity contribution >= 4 is 17.6 Å². The lowest BCUT2D eigenvalue weighted by molar-refractivity contribution is -0.134. The quantitative estimate of drug-likeness (QED) is 0.576. The fraction of sp³-hybridized carbons (Fsp3) is 0.278. The van der Waals surface area contributed by atoms with Crippen molar-refractivity contribution in [3.63, 3.8) is 0 Å². The molecule has 140 valence electrons. The summed E-state index contributed by atoms with van der Waals surface area (Å²) in [6, 6.07) is 0. The summed E-state index contributed by atoms with van der Waals surface area (Å²) in [5.41, 5.74) is 3.59. The van der Waals surface area contributed by atoms with Crippen molar-refractivity contribution in [1.29, 1.82) is 0 Å². The van der Waals surface area contributed by atoms with Crippen LogP contribution >= 0.6 is 0 Å². The molecule has 0 aliphatic carbocycles. The fourth-order valence-corrected chi connectivity index (χ4v) is 2.18. The maximum Gasteiger partial charge on any atom is 0.354 e. The van der Waals surface area contributed by atoms with Crippen LogP contribution in [0.5, 0.6) is 0 Å². The van der Waals surface area contributed by atoms with Crippen LogP contribution in [0.4, 0.5) is 4.39 Å². The number of carboxylic acids is 1. The number of halogens is 1. The maximum atomic E-state index is 13.5. The topological polar surface area (TPSA) is 94.0 Å². The van der Waals surface area contributed by atoms with Crippen LogP contribution in [0.15, 0.2) is 64.9 Å². The van der Waals surface area contributed by atoms with Crippen molar-refractivity contribution < 1.29 is 19.1 Å². The highest BCUT2D eigenvalue weighted by Gasteiger charge is 2.25. The number of carbonyl (C=O) groups excluding carboxylic acids is 1. The van der Waals surface area contributed by atoms with Crippen LogP contribution in [0.3, 0.4) is 0 Å². The minimum atomic E-state index is -1.23. The highest BCUT2D eigenvalue weighted by Crippen LogP contribution is 2.16. The number of aliphatic carboxylic acids is 1. The molecule has 1 rings (SSSR count). The Morgan fingerprint density at radius 2 is 2.12 bits per heavy atom. The molecule has 26 heavy (non-hydrogen) atoms. The van der Waals surface area contributed by atoms with E-state index in [1.165, 1.54) is 7.05 Å². The summed E-state index contributed by atoms with van der Waals surface area (Å²) < 4.78 is 13.5. The molecule has 0 aromatic heterocycles. The van der Waals surface area contributed by atoms with Crippen LogP contribution in [-0.4, -0.2) is 41.3 Å². The third kappa shape index (κ3) is 5.25. The maximum absolute atomic E-state index is 13.5. The Kier molecular flexibility index (Phi) is 7.67. The van der Waals surface area contributed by atoms with Gasteiger partial charge in [-0.05, 0) is 25.0 Å². The normalized spacial score (nSPS) is 15.8. The third-order valence-corrected chi connectivity index (χ3v) is 3.60. The van der Waals surface area contributed by atoms with Gasteiger partial charge in [0.2, 0.25) is 0 Å². The molecule has 0 fully saturated rings. The molecule has 0 spiro atoms. The lowest BCUT2D eigenvalue weighted by atomic mass is 10.1. The van der Waals surface area contributed by atoms with E-state index in [2.05, 4.69) is 28.9 Å². The van der Waals surface area contributed by atoms with Crippen LogP contribution in [0.1, 0.15) is 20.3 Å². The molecule has 1 heterocycles. The number of carboxylic acid groups (broad SMARTS) is 1. The SMILES string of the molecule is C=C/C(F)=C(C)\C=C(/CC)CNC(=O)C1=NC(=C)N(NC)C(C(=O)O)=C1. The minimum absolute atomic E-state index is 0.0705. The van der Waals surface area contributed by atoms with Crippen LogP contribution in [0.25, 0.3) is 0 Å². The van der Waals surface area contributed by atoms with Crippen molar-refractivity contribution in [2.75, 3.05) is 13.6 Å². The first kappa shape index (κ1) is 21.0. The number of hydrogen-bond acceptors (Lipinski definition) is 5. The predicted octanol–water partition coefficient (Wildman–Crippen LogP) is 2.20. The standard InChI is InChI=1S/C18H23FN4O3/c1-6-13(8-11(3)14(19)7-2)10-21-17(24)15-9-16(18(25)26)23(20-5)12(4)22-15/h7-9,20H,2,4,6,10H2,1,3,5H3,(H,21,24)(H,25,26)/b13-8+,14-11+. The number of rotatable bonds is 8. The smallest absolute Gasteiger partial charge is 0.354 e. The predicted molar refractivity (Wildman–Crippen MR) is 98.6 cm³/mol. The zero-order valence-electron chi connectivity index (χ0n) is 15.1. The van der Waals surface area contributed by atoms with Gasteiger partial charge in [0.1, 0.15) is 23.1 Å². The van der Waals surface area contributed by atoms with E-state index < -0.39 is 17.7 Å². The highest BCUT2D eigenvalue weighted by atomic mass is 19.1. The first-order valence-corrected chi connectivity index (χ1v) is 7.91. The highest BCUT2D eigenvalue weighted by molar-refractivity contribution is 6.44. The molecule has 1 amide bonds. The average Bonchev–Trinajstić information content (AvgIpc) is 2.62. The largest absolute Gasteiger partial charge is 0.477 e. The number of carbonyl (C=O) groups is 2. The minimum Gasteiger partial charge on any atom is -0.477 e. The zero-order valence-corrected chi connectivity index (χ0v) is 15.1. The Morgan fingerprint density at radius 3 is 2.62 bits per heavy atom. The summed E-state index contributed by atoms with van der Waals surface area (Å²) in [4.78, 5) is 27.6. The van der Waals surface area contributed by atoms with Crippen molar-refractivity contribution in [3.05, 3.63) is 59.9 Å². The van der Waals surface area contributed by atoms with Gasteiger partial charge in [0.05, 0.1) is 0 Å². The summed E-state index contributed by atoms with van der Waals surface area (Å²) in [7, 11) is 1.51. The summed E-state index contributed by atoms with van der Waals surface area (Å²) in [5.74, 6) is -2.13. The Bertz CT molecular complexity index is 748. The van der Waals surface area contributed by atoms with Gasteiger partial charge in [-0.3, -0.25) is 9.80 Å². The first-order valence-electron chi connectivity index (χ1n) is 7.91. The van der Waals surface area contributed by atoms with E-state index in [4.69, 9.17) is 0 Å². The molecule has 0 unspecified atom stereocenters. The van der Waals surface area contributed by atoms with Crippen LogP contribution in [0, 0.1) is 0 Å². The summed E-state index contributed by atoms with van der Waals surface area (Å²) in [6.45, 7) is 10.7. The number of amides is 1. The van der Waals surface area contributed by atoms with Gasteiger partial charge in [-0.2, -0.15) is 0 Å². The van der Waals surface area contributed by atoms with Crippen molar-refractivity contribution in [2.24, 2.45) is 4.99 Å². The first-order chi connectivity index (χ1) is 12.2. The number of allylic oxidation sites excluding steroid dienone is 4. The van der Waals surface area contributed by atoms with E-state index in [1.807, 2.05) is 6.92 Å². The molecule has 8 heteroatoms. The molecule has 3 N–H and O–H groups in total. The van der Waals surface area contributed by atoms with Gasteiger partial charge in [0.15, 0.2) is 0 Å². The van der Waals surface area contributed by atoms with Gasteiger partial charge >= 0.3 is 5.97 Å². The van der Waals surface area contributed by atoms with Gasteiger partial charge < -0.3 is 10.4 Å². The van der Waals surface area contributed by atoms with Gasteiger partial charge in [-0.15, -0.1) is 0 Å². The third-order valence-electron chi connectivity index (χ3n) is 3.60. The van der Waals surface area contributed by atoms with Crippen LogP contribution in [-0.2, 0) is 9.59 Å². The molecule has 0 saturated carbocycles. The molecule has 0 bridgehead atoms. The van der Waals surface area contributed by atoms with Gasteiger partial charge in [-0.25, -0.2) is 19.6 Å². The molecule has 0 radical (unpaired) electrons. The van der Waals surface area contributed by atoms with Crippen molar-refractivity contribution in [2.45, 2.75) is 20.3 Å². The fourth-order valence-electron chi connectivity index (χ4n) is 2.18. The van der Waals surface area contributed by atoms with Crippen molar-refractivity contribution in [1.82, 2.24) is 15.8 Å². The lowest BCUT2D eigenvalue weighted by Crippen LogP contribution is -2.41. The molecular weight excluding hydrogens is 339 g/mol. The van der Waals surface area contributed by atoms with E-state index in [-0.39, 0.29) is 23.8 Å². The number of nitrogens with zero attached hydrogens (tertiary/aromatic N) is 2. The van der Waals surface area contributed by atoms with E-state index in [0.717, 1.165) is 22.7 Å². The second-order valence-electron chi connectivity index (χ2n) is 5.38. The van der Waals surface area contributed by atoms with Gasteiger partial charge in [0.25, 0.3) is 5.91 Å². The van der Waals surface area contributed by atoms with E-state index in [9.17, 15) is 19.1 Å². The number of aliphatic imine (C=N–C) groups is 1. The van der Waals surface area contributed by atoms with E-state index >= 15 is 0 Å². The number of nitrogens with one attached hydrogen (secondary N) is 2. The van der Waals surface area contributed by atoms with Crippen molar-refractivity contribution in [3.8, 4) is 0 Å². The summed E-state index contributed by atoms with van der Waals surface area (Å²) in [6.07, 6.45) is 4.51. The van der Waals surface area contributed by atoms with Crippen LogP contribution < -0.4 is 10.7 Å². The van der Waals surface area contributed by atoms with Gasteiger partial charge in [-0.1, -0.05) is 31.7 Å². The molecule has 1 aliphatic rings. The number of hydrazine groups is 1. The summed E-state index contributed by atoms with van der Waals surface area (Å²) >= 11 is 0. The van der Waals surface area contributed by atoms with E-state index in [0.29, 0.717) is 12.0 Å². The number of hydrogen-bond donors (Lipinski definition) is 3. The molecular formula is C18H23FN4O3. The molecule has 0 atom stereocenters. The average molecular weight is 362 g/mol. The Morgan fingerprint density at radius 1 is 1.46 bits per heavy atom. The Balaban J connectivity index is 2.94. The van der Waals surface area contributed by atoms with Crippen LogP contribution in [0.2, 0.25) is 0 Å². The lowest BCUT2D eigenvalue weighted by Gasteiger charge is -2.26. The molecule has 1 aliphatic heterocycles. The molecule has 0 aromatic rings. The zero-order chi connectivity index (χ0) is 19.9. The summed E-state index contributed by atoms with van der Waals surface area (Å²) in [5, 5.41) is 13.1. The van der Waals surface area contributed by atoms with E-state index in [1.54, 1.807) is 13.0 Å². The van der Waals surface area contributed by atoms with Gasteiger partial charge in [0, 0.05) is 19.7 Å². The molecule has 0 saturated heterocycles. The molecule has 7 nitrogen and oxygen atoms in total. The Labute approximate surface area is 151 Å². The Hall–Kier alpha value is -3.00. The monoisotopic (exact) mass is 362 g/mol. The second kappa shape index (κ2) is 9.47.